The third-order valence-electron chi connectivity index (χ3n) is 3.83. The molecule has 1 N–H and O–H groups in total. The Hall–Kier alpha value is -0.940. The van der Waals surface area contributed by atoms with Crippen molar-refractivity contribution in [2.24, 2.45) is 5.92 Å². The van der Waals surface area contributed by atoms with E-state index in [1.54, 1.807) is 11.9 Å². The molecule has 0 atom stereocenters. The van der Waals surface area contributed by atoms with Crippen molar-refractivity contribution in [3.05, 3.63) is 0 Å². The van der Waals surface area contributed by atoms with Gasteiger partial charge in [-0.15, -0.1) is 0 Å². The zero-order chi connectivity index (χ0) is 13.3. The van der Waals surface area contributed by atoms with E-state index in [4.69, 9.17) is 10.1 Å². The molecule has 0 spiro atoms. The highest BCUT2D eigenvalue weighted by Gasteiger charge is 2.42. The van der Waals surface area contributed by atoms with Gasteiger partial charge in [-0.05, 0) is 38.5 Å². The van der Waals surface area contributed by atoms with Crippen molar-refractivity contribution in [3.63, 3.8) is 0 Å². The van der Waals surface area contributed by atoms with E-state index in [0.29, 0.717) is 18.9 Å². The average molecular weight is 264 g/mol. The summed E-state index contributed by atoms with van der Waals surface area (Å²) in [5.74, 6) is -1.19. The summed E-state index contributed by atoms with van der Waals surface area (Å²) in [5.41, 5.74) is 0. The predicted octanol–water partition coefficient (Wildman–Crippen LogP) is 3.15. The van der Waals surface area contributed by atoms with E-state index < -0.39 is 12.1 Å². The second kappa shape index (κ2) is 4.97. The van der Waals surface area contributed by atoms with Crippen LogP contribution in [0.5, 0.6) is 0 Å². The van der Waals surface area contributed by atoms with Gasteiger partial charge in [-0.1, -0.05) is 0 Å². The van der Waals surface area contributed by atoms with Gasteiger partial charge in [0.2, 0.25) is 0 Å². The van der Waals surface area contributed by atoms with Gasteiger partial charge in [0.1, 0.15) is 6.10 Å². The molecule has 0 unspecified atom stereocenters. The second-order valence-electron chi connectivity index (χ2n) is 5.28. The van der Waals surface area contributed by atoms with Gasteiger partial charge in [0.05, 0.1) is 5.92 Å². The molecule has 0 saturated heterocycles. The van der Waals surface area contributed by atoms with E-state index in [-0.39, 0.29) is 25.0 Å². The summed E-state index contributed by atoms with van der Waals surface area (Å²) in [6, 6.07) is 0.497. The van der Waals surface area contributed by atoms with Crippen LogP contribution in [0.2, 0.25) is 0 Å². The first-order valence-electron chi connectivity index (χ1n) is 6.42. The van der Waals surface area contributed by atoms with E-state index in [2.05, 4.69) is 0 Å². The average Bonchev–Trinajstić information content (AvgIpc) is 3.11. The van der Waals surface area contributed by atoms with Crippen LogP contribution < -0.4 is 0 Å². The van der Waals surface area contributed by atoms with Gasteiger partial charge in [0, 0.05) is 13.1 Å². The third kappa shape index (κ3) is 3.29. The van der Waals surface area contributed by atoms with Crippen LogP contribution in [0.25, 0.3) is 0 Å². The minimum Gasteiger partial charge on any atom is -0.462 e. The first kappa shape index (κ1) is 13.5. The monoisotopic (exact) mass is 264 g/mol. The first-order valence-corrected chi connectivity index (χ1v) is 6.42. The fourth-order valence-electron chi connectivity index (χ4n) is 2.38. The summed E-state index contributed by atoms with van der Waals surface area (Å²) in [6.07, 6.45) is -1.13. The molecular formula is C12H19F3N2O. The van der Waals surface area contributed by atoms with Crippen molar-refractivity contribution in [2.75, 3.05) is 7.05 Å². The molecule has 0 radical (unpaired) electrons. The summed E-state index contributed by atoms with van der Waals surface area (Å²) in [6.45, 7) is 0. The maximum atomic E-state index is 12.5. The molecule has 0 amide bonds. The third-order valence-corrected chi connectivity index (χ3v) is 3.83. The molecule has 2 fully saturated rings. The molecule has 0 aliphatic heterocycles. The van der Waals surface area contributed by atoms with Gasteiger partial charge >= 0.3 is 6.18 Å². The Morgan fingerprint density at radius 1 is 1.11 bits per heavy atom. The topological polar surface area (TPSA) is 36.3 Å². The van der Waals surface area contributed by atoms with E-state index in [9.17, 15) is 13.2 Å². The summed E-state index contributed by atoms with van der Waals surface area (Å²) in [5, 5.41) is 7.76. The van der Waals surface area contributed by atoms with Crippen LogP contribution in [0.15, 0.2) is 0 Å². The number of hydrogen-bond donors (Lipinski definition) is 1. The molecule has 2 aliphatic carbocycles. The lowest BCUT2D eigenvalue weighted by atomic mass is 9.87. The van der Waals surface area contributed by atoms with E-state index in [1.165, 1.54) is 0 Å². The number of alkyl halides is 3. The van der Waals surface area contributed by atoms with Crippen LogP contribution >= 0.6 is 0 Å². The predicted molar refractivity (Wildman–Crippen MR) is 61.4 cm³/mol. The number of nitrogens with zero attached hydrogens (tertiary/aromatic N) is 1. The molecule has 2 aliphatic rings. The zero-order valence-electron chi connectivity index (χ0n) is 10.5. The van der Waals surface area contributed by atoms with Crippen molar-refractivity contribution in [2.45, 2.75) is 56.8 Å². The van der Waals surface area contributed by atoms with Crippen molar-refractivity contribution in [1.82, 2.24) is 4.90 Å². The van der Waals surface area contributed by atoms with Crippen molar-refractivity contribution >= 4 is 6.02 Å². The minimum atomic E-state index is -4.08. The minimum absolute atomic E-state index is 0.105. The van der Waals surface area contributed by atoms with Crippen LogP contribution in [0.4, 0.5) is 13.2 Å². The van der Waals surface area contributed by atoms with Gasteiger partial charge in [0.25, 0.3) is 6.02 Å². The van der Waals surface area contributed by atoms with Gasteiger partial charge in [-0.25, -0.2) is 0 Å². The van der Waals surface area contributed by atoms with Crippen molar-refractivity contribution < 1.29 is 17.9 Å². The molecule has 2 saturated carbocycles. The molecule has 0 aromatic carbocycles. The highest BCUT2D eigenvalue weighted by molar-refractivity contribution is 5.70. The molecule has 18 heavy (non-hydrogen) atoms. The fraction of sp³-hybridized carbons (Fsp3) is 0.917. The van der Waals surface area contributed by atoms with Crippen molar-refractivity contribution in [1.29, 1.82) is 5.41 Å². The van der Waals surface area contributed by atoms with E-state index in [0.717, 1.165) is 12.8 Å². The van der Waals surface area contributed by atoms with E-state index in [1.807, 2.05) is 0 Å². The lowest BCUT2D eigenvalue weighted by Crippen LogP contribution is -2.36. The number of rotatable bonds is 2. The summed E-state index contributed by atoms with van der Waals surface area (Å²) >= 11 is 0. The quantitative estimate of drug-likeness (QED) is 0.614. The number of amidine groups is 1. The summed E-state index contributed by atoms with van der Waals surface area (Å²) in [4.78, 5) is 1.77. The normalized spacial score (nSPS) is 28.9. The Morgan fingerprint density at radius 3 is 2.11 bits per heavy atom. The van der Waals surface area contributed by atoms with Crippen LogP contribution in [-0.4, -0.2) is 36.3 Å². The standard InChI is InChI=1S/C12H19F3N2O/c1-17(9-4-5-9)11(16)18-10-6-2-8(3-7-10)12(13,14)15/h8-10,16H,2-7H2,1H3. The van der Waals surface area contributed by atoms with Gasteiger partial charge in [0.15, 0.2) is 0 Å². The molecular weight excluding hydrogens is 245 g/mol. The maximum absolute atomic E-state index is 12.5. The van der Waals surface area contributed by atoms with Crippen LogP contribution in [0.3, 0.4) is 0 Å². The first-order chi connectivity index (χ1) is 8.38. The molecule has 3 nitrogen and oxygen atoms in total. The van der Waals surface area contributed by atoms with Crippen LogP contribution in [-0.2, 0) is 4.74 Å². The van der Waals surface area contributed by atoms with E-state index >= 15 is 0 Å². The Kier molecular flexibility index (Phi) is 3.73. The molecule has 0 heterocycles. The number of ether oxygens (including phenoxy) is 1. The lowest BCUT2D eigenvalue weighted by Gasteiger charge is -2.31. The van der Waals surface area contributed by atoms with Gasteiger partial charge in [-0.2, -0.15) is 13.2 Å². The van der Waals surface area contributed by atoms with Crippen LogP contribution in [0, 0.1) is 11.3 Å². The number of halogens is 3. The summed E-state index contributed by atoms with van der Waals surface area (Å²) in [7, 11) is 1.81. The van der Waals surface area contributed by atoms with Gasteiger partial charge < -0.3 is 9.64 Å². The maximum Gasteiger partial charge on any atom is 0.391 e. The summed E-state index contributed by atoms with van der Waals surface area (Å²) < 4.78 is 42.9. The second-order valence-corrected chi connectivity index (χ2v) is 5.28. The van der Waals surface area contributed by atoms with Crippen molar-refractivity contribution in [3.8, 4) is 0 Å². The fourth-order valence-corrected chi connectivity index (χ4v) is 2.38. The molecule has 0 aromatic rings. The molecule has 104 valence electrons. The van der Waals surface area contributed by atoms with Gasteiger partial charge in [-0.3, -0.25) is 5.41 Å². The number of nitrogens with one attached hydrogen (secondary N) is 1. The smallest absolute Gasteiger partial charge is 0.391 e. The molecule has 6 heteroatoms. The number of hydrogen-bond acceptors (Lipinski definition) is 2. The highest BCUT2D eigenvalue weighted by Crippen LogP contribution is 2.38. The van der Waals surface area contributed by atoms with Crippen LogP contribution in [0.1, 0.15) is 38.5 Å². The Morgan fingerprint density at radius 2 is 1.67 bits per heavy atom. The Balaban J connectivity index is 1.74. The Labute approximate surface area is 105 Å². The molecule has 0 bridgehead atoms. The molecule has 2 rings (SSSR count). The highest BCUT2D eigenvalue weighted by atomic mass is 19.4. The largest absolute Gasteiger partial charge is 0.462 e. The molecule has 0 aromatic heterocycles. The lowest BCUT2D eigenvalue weighted by molar-refractivity contribution is -0.185. The SMILES string of the molecule is CN(C(=N)OC1CCC(C(F)(F)F)CC1)C1CC1. The zero-order valence-corrected chi connectivity index (χ0v) is 10.5. The Bertz CT molecular complexity index is 307.